The highest BCUT2D eigenvalue weighted by molar-refractivity contribution is 5.75. The summed E-state index contributed by atoms with van der Waals surface area (Å²) in [6.45, 7) is 2.01. The molecule has 0 spiro atoms. The van der Waals surface area contributed by atoms with Gasteiger partial charge in [0.25, 0.3) is 0 Å². The Bertz CT molecular complexity index is 636. The highest BCUT2D eigenvalue weighted by atomic mass is 16.4. The van der Waals surface area contributed by atoms with Crippen LogP contribution in [-0.2, 0) is 17.6 Å². The molecule has 3 rings (SSSR count). The molecule has 0 heterocycles. The van der Waals surface area contributed by atoms with Crippen molar-refractivity contribution in [1.29, 1.82) is 0 Å². The van der Waals surface area contributed by atoms with Gasteiger partial charge in [0.15, 0.2) is 0 Å². The summed E-state index contributed by atoms with van der Waals surface area (Å²) in [7, 11) is 0. The van der Waals surface area contributed by atoms with Crippen molar-refractivity contribution in [2.24, 2.45) is 5.92 Å². The molecule has 1 saturated carbocycles. The number of rotatable bonds is 4. The quantitative estimate of drug-likeness (QED) is 0.781. The third-order valence-corrected chi connectivity index (χ3v) is 5.63. The molecule has 3 N–H and O–H groups in total. The molecule has 0 bridgehead atoms. The largest absolute Gasteiger partial charge is 0.481 e. The molecule has 1 aromatic rings. The molecule has 0 unspecified atom stereocenters. The van der Waals surface area contributed by atoms with Gasteiger partial charge < -0.3 is 15.7 Å². The van der Waals surface area contributed by atoms with Crippen LogP contribution in [0.25, 0.3) is 0 Å². The first kappa shape index (κ1) is 17.8. The van der Waals surface area contributed by atoms with Crippen LogP contribution in [-0.4, -0.2) is 23.1 Å². The van der Waals surface area contributed by atoms with Crippen molar-refractivity contribution in [2.45, 2.75) is 70.4 Å². The van der Waals surface area contributed by atoms with Gasteiger partial charge in [-0.05, 0) is 75.0 Å². The number of nitrogens with one attached hydrogen (secondary N) is 2. The van der Waals surface area contributed by atoms with Gasteiger partial charge in [-0.3, -0.25) is 4.79 Å². The van der Waals surface area contributed by atoms with Crippen molar-refractivity contribution in [1.82, 2.24) is 10.6 Å². The summed E-state index contributed by atoms with van der Waals surface area (Å²) in [4.78, 5) is 23.2. The van der Waals surface area contributed by atoms with Crippen LogP contribution in [0, 0.1) is 5.92 Å². The van der Waals surface area contributed by atoms with Crippen molar-refractivity contribution in [3.05, 3.63) is 34.9 Å². The van der Waals surface area contributed by atoms with Crippen molar-refractivity contribution in [3.63, 3.8) is 0 Å². The lowest BCUT2D eigenvalue weighted by Crippen LogP contribution is -2.44. The smallest absolute Gasteiger partial charge is 0.315 e. The Kier molecular flexibility index (Phi) is 5.61. The molecule has 2 amide bonds. The van der Waals surface area contributed by atoms with E-state index < -0.39 is 5.97 Å². The van der Waals surface area contributed by atoms with Gasteiger partial charge in [-0.2, -0.15) is 0 Å². The number of carboxylic acid groups (broad SMARTS) is 1. The van der Waals surface area contributed by atoms with E-state index in [1.54, 1.807) is 0 Å². The van der Waals surface area contributed by atoms with E-state index in [9.17, 15) is 9.59 Å². The third-order valence-electron chi connectivity index (χ3n) is 5.63. The number of benzene rings is 1. The summed E-state index contributed by atoms with van der Waals surface area (Å²) in [6, 6.07) is 6.43. The normalized spacial score (nSPS) is 24.0. The average molecular weight is 344 g/mol. The zero-order valence-electron chi connectivity index (χ0n) is 14.9. The second-order valence-corrected chi connectivity index (χ2v) is 7.46. The van der Waals surface area contributed by atoms with Gasteiger partial charge in [0.05, 0.1) is 12.0 Å². The van der Waals surface area contributed by atoms with E-state index in [2.05, 4.69) is 28.8 Å². The summed E-state index contributed by atoms with van der Waals surface area (Å²) < 4.78 is 0. The van der Waals surface area contributed by atoms with Crippen LogP contribution < -0.4 is 10.6 Å². The second-order valence-electron chi connectivity index (χ2n) is 7.46. The Morgan fingerprint density at radius 2 is 1.76 bits per heavy atom. The van der Waals surface area contributed by atoms with E-state index in [1.807, 2.05) is 6.92 Å². The van der Waals surface area contributed by atoms with E-state index in [1.165, 1.54) is 24.0 Å². The first-order valence-corrected chi connectivity index (χ1v) is 9.44. The van der Waals surface area contributed by atoms with E-state index >= 15 is 0 Å². The molecule has 1 fully saturated rings. The molecule has 0 radical (unpaired) electrons. The SMILES string of the molecule is C[C@@H](NC(=O)NC1CCC(C(=O)O)CC1)c1ccc2c(c1)CCCC2. The van der Waals surface area contributed by atoms with Gasteiger partial charge in [0, 0.05) is 6.04 Å². The van der Waals surface area contributed by atoms with Gasteiger partial charge in [0.1, 0.15) is 0 Å². The van der Waals surface area contributed by atoms with E-state index in [-0.39, 0.29) is 24.0 Å². The fraction of sp³-hybridized carbons (Fsp3) is 0.600. The predicted molar refractivity (Wildman–Crippen MR) is 96.5 cm³/mol. The minimum atomic E-state index is -0.719. The molecule has 1 aromatic carbocycles. The van der Waals surface area contributed by atoms with Crippen LogP contribution in [0.3, 0.4) is 0 Å². The molecular formula is C20H28N2O3. The fourth-order valence-corrected chi connectivity index (χ4v) is 4.01. The Morgan fingerprint density at radius 1 is 1.08 bits per heavy atom. The van der Waals surface area contributed by atoms with Crippen molar-refractivity contribution < 1.29 is 14.7 Å². The lowest BCUT2D eigenvalue weighted by Gasteiger charge is -2.27. The lowest BCUT2D eigenvalue weighted by molar-refractivity contribution is -0.142. The standard InChI is InChI=1S/C20H28N2O3/c1-13(16-7-6-14-4-2-3-5-17(14)12-16)21-20(25)22-18-10-8-15(9-11-18)19(23)24/h6-7,12-13,15,18H,2-5,8-11H2,1H3,(H,23,24)(H2,21,22,25)/t13-,15?,18?/m1/s1. The predicted octanol–water partition coefficient (Wildman–Crippen LogP) is 3.57. The zero-order valence-corrected chi connectivity index (χ0v) is 14.9. The van der Waals surface area contributed by atoms with Crippen LogP contribution in [0.15, 0.2) is 18.2 Å². The Morgan fingerprint density at radius 3 is 2.44 bits per heavy atom. The number of hydrogen-bond acceptors (Lipinski definition) is 2. The molecule has 0 saturated heterocycles. The summed E-state index contributed by atoms with van der Waals surface area (Å²) in [6.07, 6.45) is 7.56. The Balaban J connectivity index is 1.50. The van der Waals surface area contributed by atoms with Crippen molar-refractivity contribution in [2.75, 3.05) is 0 Å². The molecule has 0 aliphatic heterocycles. The topological polar surface area (TPSA) is 78.4 Å². The van der Waals surface area contributed by atoms with Gasteiger partial charge >= 0.3 is 12.0 Å². The minimum absolute atomic E-state index is 0.0393. The molecule has 2 aliphatic rings. The first-order valence-electron chi connectivity index (χ1n) is 9.44. The number of carboxylic acids is 1. The van der Waals surface area contributed by atoms with Crippen molar-refractivity contribution >= 4 is 12.0 Å². The van der Waals surface area contributed by atoms with E-state index in [0.717, 1.165) is 31.2 Å². The van der Waals surface area contributed by atoms with Gasteiger partial charge in [0.2, 0.25) is 0 Å². The number of aryl methyl sites for hydroxylation is 2. The number of hydrogen-bond donors (Lipinski definition) is 3. The maximum atomic E-state index is 12.3. The van der Waals surface area contributed by atoms with Crippen LogP contribution in [0.1, 0.15) is 68.2 Å². The van der Waals surface area contributed by atoms with Gasteiger partial charge in [-0.25, -0.2) is 4.79 Å². The maximum Gasteiger partial charge on any atom is 0.315 e. The number of carbonyl (C=O) groups excluding carboxylic acids is 1. The maximum absolute atomic E-state index is 12.3. The number of carbonyl (C=O) groups is 2. The Hall–Kier alpha value is -2.04. The molecule has 2 aliphatic carbocycles. The Labute approximate surface area is 149 Å². The molecule has 25 heavy (non-hydrogen) atoms. The second kappa shape index (κ2) is 7.89. The number of fused-ring (bicyclic) bond motifs is 1. The van der Waals surface area contributed by atoms with Crippen LogP contribution >= 0.6 is 0 Å². The van der Waals surface area contributed by atoms with Gasteiger partial charge in [-0.1, -0.05) is 18.2 Å². The molecule has 0 aromatic heterocycles. The summed E-state index contributed by atoms with van der Waals surface area (Å²) >= 11 is 0. The number of urea groups is 1. The van der Waals surface area contributed by atoms with E-state index in [0.29, 0.717) is 12.8 Å². The number of amides is 2. The summed E-state index contributed by atoms with van der Waals surface area (Å²) in [5, 5.41) is 15.1. The molecule has 136 valence electrons. The zero-order chi connectivity index (χ0) is 17.8. The molecule has 5 heteroatoms. The lowest BCUT2D eigenvalue weighted by atomic mass is 9.86. The van der Waals surface area contributed by atoms with Crippen LogP contribution in [0.4, 0.5) is 4.79 Å². The van der Waals surface area contributed by atoms with Crippen LogP contribution in [0.5, 0.6) is 0 Å². The molecule has 5 nitrogen and oxygen atoms in total. The van der Waals surface area contributed by atoms with Crippen molar-refractivity contribution in [3.8, 4) is 0 Å². The first-order chi connectivity index (χ1) is 12.0. The molecule has 1 atom stereocenters. The average Bonchev–Trinajstić information content (AvgIpc) is 2.61. The third kappa shape index (κ3) is 4.53. The number of aliphatic carboxylic acids is 1. The fourth-order valence-electron chi connectivity index (χ4n) is 4.01. The highest BCUT2D eigenvalue weighted by Crippen LogP contribution is 2.26. The monoisotopic (exact) mass is 344 g/mol. The highest BCUT2D eigenvalue weighted by Gasteiger charge is 2.27. The van der Waals surface area contributed by atoms with Gasteiger partial charge in [-0.15, -0.1) is 0 Å². The van der Waals surface area contributed by atoms with E-state index in [4.69, 9.17) is 5.11 Å². The molecular weight excluding hydrogens is 316 g/mol. The minimum Gasteiger partial charge on any atom is -0.481 e. The summed E-state index contributed by atoms with van der Waals surface area (Å²) in [5.41, 5.74) is 4.01. The summed E-state index contributed by atoms with van der Waals surface area (Å²) in [5.74, 6) is -0.973. The van der Waals surface area contributed by atoms with Crippen LogP contribution in [0.2, 0.25) is 0 Å².